The Bertz CT molecular complexity index is 624. The van der Waals surface area contributed by atoms with Crippen molar-refractivity contribution in [2.45, 2.75) is 6.92 Å². The zero-order valence-corrected chi connectivity index (χ0v) is 11.6. The van der Waals surface area contributed by atoms with Gasteiger partial charge in [-0.1, -0.05) is 17.7 Å². The van der Waals surface area contributed by atoms with Crippen LogP contribution in [0.3, 0.4) is 0 Å². The number of nitrogens with zero attached hydrogens (tertiary/aromatic N) is 1. The number of carbonyl (C=O) groups is 1. The van der Waals surface area contributed by atoms with Gasteiger partial charge in [-0.15, -0.1) is 11.3 Å². The number of hydrazone groups is 1. The molecular formula is C13H11ClN2O2S. The summed E-state index contributed by atoms with van der Waals surface area (Å²) in [6, 6.07) is 8.08. The second-order valence-corrected chi connectivity index (χ2v) is 5.16. The molecule has 19 heavy (non-hydrogen) atoms. The average Bonchev–Trinajstić information content (AvgIpc) is 2.92. The van der Waals surface area contributed by atoms with Crippen LogP contribution in [-0.4, -0.2) is 16.7 Å². The highest BCUT2D eigenvalue weighted by atomic mass is 35.5. The van der Waals surface area contributed by atoms with Gasteiger partial charge in [-0.2, -0.15) is 5.10 Å². The van der Waals surface area contributed by atoms with Crippen LogP contribution in [0.25, 0.3) is 0 Å². The van der Waals surface area contributed by atoms with Crippen molar-refractivity contribution in [3.05, 3.63) is 51.2 Å². The maximum absolute atomic E-state index is 11.9. The molecule has 6 heteroatoms. The van der Waals surface area contributed by atoms with E-state index in [2.05, 4.69) is 10.5 Å². The molecule has 0 spiro atoms. The van der Waals surface area contributed by atoms with Crippen LogP contribution in [0.4, 0.5) is 0 Å². The highest BCUT2D eigenvalue weighted by molar-refractivity contribution is 7.12. The van der Waals surface area contributed by atoms with Crippen molar-refractivity contribution in [1.82, 2.24) is 5.43 Å². The summed E-state index contributed by atoms with van der Waals surface area (Å²) in [5, 5.41) is 15.9. The smallest absolute Gasteiger partial charge is 0.275 e. The molecule has 0 fully saturated rings. The summed E-state index contributed by atoms with van der Waals surface area (Å²) < 4.78 is 0. The summed E-state index contributed by atoms with van der Waals surface area (Å²) in [7, 11) is 0. The van der Waals surface area contributed by atoms with Crippen LogP contribution in [0.2, 0.25) is 5.02 Å². The minimum absolute atomic E-state index is 0.0928. The fourth-order valence-electron chi connectivity index (χ4n) is 1.42. The lowest BCUT2D eigenvalue weighted by molar-refractivity contribution is 0.0952. The van der Waals surface area contributed by atoms with E-state index in [1.165, 1.54) is 29.5 Å². The number of phenolic OH excluding ortho intramolecular Hbond substituents is 1. The highest BCUT2D eigenvalue weighted by Crippen LogP contribution is 2.21. The quantitative estimate of drug-likeness (QED) is 0.674. The predicted molar refractivity (Wildman–Crippen MR) is 77.1 cm³/mol. The van der Waals surface area contributed by atoms with Gasteiger partial charge < -0.3 is 5.11 Å². The summed E-state index contributed by atoms with van der Waals surface area (Å²) in [6.07, 6.45) is 0. The number of thiophene rings is 1. The van der Waals surface area contributed by atoms with E-state index < -0.39 is 5.91 Å². The van der Waals surface area contributed by atoms with Gasteiger partial charge in [0.15, 0.2) is 0 Å². The van der Waals surface area contributed by atoms with E-state index >= 15 is 0 Å². The van der Waals surface area contributed by atoms with Crippen molar-refractivity contribution in [2.75, 3.05) is 0 Å². The topological polar surface area (TPSA) is 61.7 Å². The minimum Gasteiger partial charge on any atom is -0.507 e. The molecule has 0 aliphatic rings. The molecule has 1 aromatic heterocycles. The van der Waals surface area contributed by atoms with E-state index in [1.54, 1.807) is 6.92 Å². The first-order chi connectivity index (χ1) is 9.08. The maximum atomic E-state index is 11.9. The van der Waals surface area contributed by atoms with E-state index in [4.69, 9.17) is 11.6 Å². The third-order valence-corrected chi connectivity index (χ3v) is 3.62. The van der Waals surface area contributed by atoms with Crippen LogP contribution in [0, 0.1) is 0 Å². The van der Waals surface area contributed by atoms with Crippen molar-refractivity contribution in [1.29, 1.82) is 0 Å². The van der Waals surface area contributed by atoms with Crippen LogP contribution in [0.1, 0.15) is 22.2 Å². The van der Waals surface area contributed by atoms with Crippen LogP contribution in [0.5, 0.6) is 5.75 Å². The second-order valence-electron chi connectivity index (χ2n) is 3.78. The first-order valence-corrected chi connectivity index (χ1v) is 6.70. The van der Waals surface area contributed by atoms with Crippen molar-refractivity contribution >= 4 is 34.6 Å². The molecule has 0 saturated carbocycles. The van der Waals surface area contributed by atoms with Gasteiger partial charge in [-0.3, -0.25) is 4.79 Å². The Labute approximate surface area is 119 Å². The third kappa shape index (κ3) is 3.33. The van der Waals surface area contributed by atoms with Crippen molar-refractivity contribution in [2.24, 2.45) is 5.10 Å². The van der Waals surface area contributed by atoms with Crippen molar-refractivity contribution in [3.8, 4) is 5.75 Å². The van der Waals surface area contributed by atoms with Gasteiger partial charge in [0, 0.05) is 9.90 Å². The monoisotopic (exact) mass is 294 g/mol. The molecule has 2 rings (SSSR count). The van der Waals surface area contributed by atoms with Gasteiger partial charge >= 0.3 is 0 Å². The Kier molecular flexibility index (Phi) is 4.19. The maximum Gasteiger partial charge on any atom is 0.275 e. The van der Waals surface area contributed by atoms with Crippen LogP contribution < -0.4 is 5.43 Å². The fourth-order valence-corrected chi connectivity index (χ4v) is 2.27. The molecule has 1 aromatic carbocycles. The SMILES string of the molecule is C/C(=N\NC(=O)c1cc(Cl)ccc1O)c1cccs1. The molecule has 0 saturated heterocycles. The second kappa shape index (κ2) is 5.86. The number of phenols is 1. The van der Waals surface area contributed by atoms with Crippen molar-refractivity contribution < 1.29 is 9.90 Å². The van der Waals surface area contributed by atoms with E-state index in [0.717, 1.165) is 4.88 Å². The first kappa shape index (κ1) is 13.6. The number of nitrogens with one attached hydrogen (secondary N) is 1. The number of amides is 1. The molecule has 1 amide bonds. The largest absolute Gasteiger partial charge is 0.507 e. The summed E-state index contributed by atoms with van der Waals surface area (Å²) in [5.74, 6) is -0.637. The molecule has 4 nitrogen and oxygen atoms in total. The Balaban J connectivity index is 2.14. The highest BCUT2D eigenvalue weighted by Gasteiger charge is 2.11. The van der Waals surface area contributed by atoms with Crippen LogP contribution in [-0.2, 0) is 0 Å². The predicted octanol–water partition coefficient (Wildman–Crippen LogP) is 3.26. The Morgan fingerprint density at radius 3 is 2.89 bits per heavy atom. The third-order valence-electron chi connectivity index (χ3n) is 2.41. The molecular weight excluding hydrogens is 284 g/mol. The molecule has 0 atom stereocenters. The van der Waals surface area contributed by atoms with Gasteiger partial charge in [0.05, 0.1) is 11.3 Å². The van der Waals surface area contributed by atoms with E-state index in [9.17, 15) is 9.90 Å². The average molecular weight is 295 g/mol. The molecule has 98 valence electrons. The van der Waals surface area contributed by atoms with E-state index in [0.29, 0.717) is 10.7 Å². The number of hydrogen-bond donors (Lipinski definition) is 2. The summed E-state index contributed by atoms with van der Waals surface area (Å²) in [5.41, 5.74) is 3.18. The lowest BCUT2D eigenvalue weighted by Gasteiger charge is -2.04. The molecule has 0 aliphatic carbocycles. The normalized spacial score (nSPS) is 11.4. The first-order valence-electron chi connectivity index (χ1n) is 5.45. The Morgan fingerprint density at radius 1 is 1.42 bits per heavy atom. The lowest BCUT2D eigenvalue weighted by Crippen LogP contribution is -2.19. The number of hydrogen-bond acceptors (Lipinski definition) is 4. The molecule has 0 radical (unpaired) electrons. The molecule has 1 heterocycles. The number of aromatic hydroxyl groups is 1. The number of rotatable bonds is 3. The molecule has 0 aliphatic heterocycles. The fraction of sp³-hybridized carbons (Fsp3) is 0.0769. The number of carbonyl (C=O) groups excluding carboxylic acids is 1. The molecule has 2 N–H and O–H groups in total. The molecule has 2 aromatic rings. The van der Waals surface area contributed by atoms with Crippen LogP contribution >= 0.6 is 22.9 Å². The van der Waals surface area contributed by atoms with Gasteiger partial charge in [0.2, 0.25) is 0 Å². The standard InChI is InChI=1S/C13H11ClN2O2S/c1-8(12-3-2-6-19-12)15-16-13(18)10-7-9(14)4-5-11(10)17/h2-7,17H,1H3,(H,16,18)/b15-8+. The molecule has 0 bridgehead atoms. The van der Waals surface area contributed by atoms with E-state index in [-0.39, 0.29) is 11.3 Å². The zero-order chi connectivity index (χ0) is 13.8. The summed E-state index contributed by atoms with van der Waals surface area (Å²) >= 11 is 7.31. The number of halogens is 1. The Morgan fingerprint density at radius 2 is 2.21 bits per heavy atom. The molecule has 0 unspecified atom stereocenters. The van der Waals surface area contributed by atoms with Gasteiger partial charge in [0.25, 0.3) is 5.91 Å². The lowest BCUT2D eigenvalue weighted by atomic mass is 10.2. The van der Waals surface area contributed by atoms with Gasteiger partial charge in [-0.05, 0) is 36.6 Å². The minimum atomic E-state index is -0.504. The zero-order valence-electron chi connectivity index (χ0n) is 10.1. The van der Waals surface area contributed by atoms with Crippen LogP contribution in [0.15, 0.2) is 40.8 Å². The van der Waals surface area contributed by atoms with Gasteiger partial charge in [0.1, 0.15) is 5.75 Å². The Hall–Kier alpha value is -1.85. The summed E-state index contributed by atoms with van der Waals surface area (Å²) in [6.45, 7) is 1.80. The van der Waals surface area contributed by atoms with Crippen molar-refractivity contribution in [3.63, 3.8) is 0 Å². The number of benzene rings is 1. The van der Waals surface area contributed by atoms with E-state index in [1.807, 2.05) is 17.5 Å². The van der Waals surface area contributed by atoms with Gasteiger partial charge in [-0.25, -0.2) is 5.43 Å². The summed E-state index contributed by atoms with van der Waals surface area (Å²) in [4.78, 5) is 12.8.